The number of benzene rings is 1. The molecule has 1 amide bonds. The number of allylic oxidation sites excluding steroid dienone is 1. The summed E-state index contributed by atoms with van der Waals surface area (Å²) < 4.78 is 11.8. The van der Waals surface area contributed by atoms with Crippen LogP contribution in [0.2, 0.25) is 0 Å². The van der Waals surface area contributed by atoms with Crippen molar-refractivity contribution in [3.8, 4) is 0 Å². The van der Waals surface area contributed by atoms with Crippen LogP contribution in [0.15, 0.2) is 42.2 Å². The molecule has 0 aromatic heterocycles. The highest BCUT2D eigenvalue weighted by Crippen LogP contribution is 2.37. The third-order valence-corrected chi connectivity index (χ3v) is 5.97. The van der Waals surface area contributed by atoms with Gasteiger partial charge in [-0.3, -0.25) is 4.79 Å². The van der Waals surface area contributed by atoms with Gasteiger partial charge in [-0.15, -0.1) is 0 Å². The van der Waals surface area contributed by atoms with Crippen molar-refractivity contribution < 1.29 is 19.4 Å². The Bertz CT molecular complexity index is 640. The van der Waals surface area contributed by atoms with Crippen LogP contribution in [-0.4, -0.2) is 37.1 Å². The van der Waals surface area contributed by atoms with Gasteiger partial charge in [-0.05, 0) is 55.6 Å². The number of aliphatic hydroxyl groups excluding tert-OH is 1. The fourth-order valence-electron chi connectivity index (χ4n) is 4.32. The summed E-state index contributed by atoms with van der Waals surface area (Å²) in [4.78, 5) is 12.7. The minimum absolute atomic E-state index is 0.148. The number of hydrogen-bond acceptors (Lipinski definition) is 4. The zero-order valence-corrected chi connectivity index (χ0v) is 17.4. The minimum Gasteiger partial charge on any atom is -0.459 e. The first-order valence-electron chi connectivity index (χ1n) is 11.2. The van der Waals surface area contributed by atoms with Gasteiger partial charge in [-0.2, -0.15) is 0 Å². The van der Waals surface area contributed by atoms with Crippen LogP contribution in [0.5, 0.6) is 0 Å². The Morgan fingerprint density at radius 3 is 2.69 bits per heavy atom. The molecule has 29 heavy (non-hydrogen) atoms. The van der Waals surface area contributed by atoms with Crippen LogP contribution in [0.25, 0.3) is 0 Å². The van der Waals surface area contributed by atoms with Gasteiger partial charge in [0.15, 0.2) is 5.76 Å². The molecule has 1 aliphatic carbocycles. The maximum absolute atomic E-state index is 12.7. The molecule has 2 N–H and O–H groups in total. The van der Waals surface area contributed by atoms with Gasteiger partial charge in [0.25, 0.3) is 5.91 Å². The molecule has 160 valence electrons. The summed E-state index contributed by atoms with van der Waals surface area (Å²) >= 11 is 0. The third kappa shape index (κ3) is 7.16. The Morgan fingerprint density at radius 2 is 1.93 bits per heavy atom. The Kier molecular flexibility index (Phi) is 9.03. The quantitative estimate of drug-likeness (QED) is 0.582. The number of aliphatic hydroxyl groups is 1. The monoisotopic (exact) mass is 401 g/mol. The van der Waals surface area contributed by atoms with Crippen molar-refractivity contribution in [2.75, 3.05) is 19.8 Å². The van der Waals surface area contributed by atoms with E-state index in [0.29, 0.717) is 30.7 Å². The number of carbonyl (C=O) groups excluding carboxylic acids is 1. The van der Waals surface area contributed by atoms with Gasteiger partial charge < -0.3 is 19.9 Å². The maximum atomic E-state index is 12.7. The number of unbranched alkanes of at least 4 members (excludes halogenated alkanes) is 1. The topological polar surface area (TPSA) is 67.8 Å². The van der Waals surface area contributed by atoms with Crippen molar-refractivity contribution in [2.45, 2.75) is 64.1 Å². The zero-order chi connectivity index (χ0) is 20.3. The van der Waals surface area contributed by atoms with Gasteiger partial charge in [0.2, 0.25) is 6.29 Å². The van der Waals surface area contributed by atoms with Crippen LogP contribution in [0.1, 0.15) is 56.9 Å². The normalized spacial score (nSPS) is 22.6. The van der Waals surface area contributed by atoms with E-state index in [0.717, 1.165) is 25.7 Å². The predicted octanol–water partition coefficient (Wildman–Crippen LogP) is 3.96. The molecule has 1 fully saturated rings. The minimum atomic E-state index is -0.375. The van der Waals surface area contributed by atoms with Crippen molar-refractivity contribution in [3.05, 3.63) is 47.7 Å². The molecule has 2 aliphatic rings. The van der Waals surface area contributed by atoms with E-state index in [1.807, 2.05) is 24.3 Å². The van der Waals surface area contributed by atoms with Gasteiger partial charge in [0, 0.05) is 19.6 Å². The first-order valence-corrected chi connectivity index (χ1v) is 11.2. The molecule has 5 nitrogen and oxygen atoms in total. The van der Waals surface area contributed by atoms with E-state index in [-0.39, 0.29) is 18.8 Å². The molecule has 0 bridgehead atoms. The molecular weight excluding hydrogens is 366 g/mol. The van der Waals surface area contributed by atoms with Gasteiger partial charge in [0.05, 0.1) is 6.61 Å². The number of rotatable bonds is 10. The van der Waals surface area contributed by atoms with Crippen molar-refractivity contribution >= 4 is 5.91 Å². The van der Waals surface area contributed by atoms with Gasteiger partial charge in [0.1, 0.15) is 0 Å². The SMILES string of the molecule is O=C(NCCc1ccccc1)C1=C[C@@H](C2CCCCC2)C[C@@H](OCCCCO)O1. The largest absolute Gasteiger partial charge is 0.459 e. The van der Waals surface area contributed by atoms with Crippen molar-refractivity contribution in [1.29, 1.82) is 0 Å². The second-order valence-corrected chi connectivity index (χ2v) is 8.17. The van der Waals surface area contributed by atoms with E-state index in [4.69, 9.17) is 14.6 Å². The Labute approximate surface area is 174 Å². The number of amides is 1. The van der Waals surface area contributed by atoms with Crippen LogP contribution in [0.3, 0.4) is 0 Å². The molecule has 0 radical (unpaired) electrons. The Hall–Kier alpha value is -1.85. The lowest BCUT2D eigenvalue weighted by atomic mass is 9.77. The summed E-state index contributed by atoms with van der Waals surface area (Å²) in [6.45, 7) is 1.31. The molecule has 5 heteroatoms. The summed E-state index contributed by atoms with van der Waals surface area (Å²) in [6.07, 6.45) is 11.1. The molecule has 1 heterocycles. The van der Waals surface area contributed by atoms with E-state index >= 15 is 0 Å². The zero-order valence-electron chi connectivity index (χ0n) is 17.4. The van der Waals surface area contributed by atoms with E-state index in [9.17, 15) is 4.79 Å². The fraction of sp³-hybridized carbons (Fsp3) is 0.625. The second kappa shape index (κ2) is 12.0. The van der Waals surface area contributed by atoms with Crippen LogP contribution in [0, 0.1) is 11.8 Å². The predicted molar refractivity (Wildman–Crippen MR) is 113 cm³/mol. The van der Waals surface area contributed by atoms with Crippen LogP contribution in [-0.2, 0) is 20.7 Å². The van der Waals surface area contributed by atoms with Gasteiger partial charge >= 0.3 is 0 Å². The highest BCUT2D eigenvalue weighted by molar-refractivity contribution is 5.91. The fourth-order valence-corrected chi connectivity index (χ4v) is 4.32. The molecule has 1 aliphatic heterocycles. The average molecular weight is 402 g/mol. The van der Waals surface area contributed by atoms with E-state index < -0.39 is 0 Å². The smallest absolute Gasteiger partial charge is 0.286 e. The van der Waals surface area contributed by atoms with E-state index in [2.05, 4.69) is 17.4 Å². The lowest BCUT2D eigenvalue weighted by Gasteiger charge is -2.35. The summed E-state index contributed by atoms with van der Waals surface area (Å²) in [7, 11) is 0. The van der Waals surface area contributed by atoms with E-state index in [1.54, 1.807) is 0 Å². The maximum Gasteiger partial charge on any atom is 0.286 e. The Morgan fingerprint density at radius 1 is 1.14 bits per heavy atom. The summed E-state index contributed by atoms with van der Waals surface area (Å²) in [5.74, 6) is 1.21. The van der Waals surface area contributed by atoms with Crippen LogP contribution >= 0.6 is 0 Å². The summed E-state index contributed by atoms with van der Waals surface area (Å²) in [6, 6.07) is 10.2. The molecule has 1 saturated carbocycles. The summed E-state index contributed by atoms with van der Waals surface area (Å²) in [5.41, 5.74) is 1.21. The molecule has 0 unspecified atom stereocenters. The first-order chi connectivity index (χ1) is 14.3. The van der Waals surface area contributed by atoms with Crippen molar-refractivity contribution in [2.24, 2.45) is 11.8 Å². The molecule has 0 spiro atoms. The standard InChI is InChI=1S/C24H35NO4/c26-15-7-8-16-28-23-18-21(20-11-5-2-6-12-20)17-22(29-23)24(27)25-14-13-19-9-3-1-4-10-19/h1,3-4,9-10,17,20-21,23,26H,2,5-8,11-16,18H2,(H,25,27)/t21-,23+/m1/s1. The van der Waals surface area contributed by atoms with Crippen LogP contribution in [0.4, 0.5) is 0 Å². The Balaban J connectivity index is 1.56. The number of carbonyl (C=O) groups is 1. The highest BCUT2D eigenvalue weighted by Gasteiger charge is 2.32. The molecule has 1 aromatic carbocycles. The molecular formula is C24H35NO4. The lowest BCUT2D eigenvalue weighted by Crippen LogP contribution is -2.36. The van der Waals surface area contributed by atoms with Crippen molar-refractivity contribution in [1.82, 2.24) is 5.32 Å². The van der Waals surface area contributed by atoms with Gasteiger partial charge in [-0.25, -0.2) is 0 Å². The summed E-state index contributed by atoms with van der Waals surface area (Å²) in [5, 5.41) is 11.9. The molecule has 1 aromatic rings. The van der Waals surface area contributed by atoms with Gasteiger partial charge in [-0.1, -0.05) is 49.6 Å². The third-order valence-electron chi connectivity index (χ3n) is 5.97. The lowest BCUT2D eigenvalue weighted by molar-refractivity contribution is -0.151. The molecule has 0 saturated heterocycles. The highest BCUT2D eigenvalue weighted by atomic mass is 16.7. The van der Waals surface area contributed by atoms with E-state index in [1.165, 1.54) is 37.7 Å². The second-order valence-electron chi connectivity index (χ2n) is 8.17. The first kappa shape index (κ1) is 21.8. The molecule has 2 atom stereocenters. The van der Waals surface area contributed by atoms with Crippen LogP contribution < -0.4 is 5.32 Å². The molecule has 3 rings (SSSR count). The average Bonchev–Trinajstić information content (AvgIpc) is 2.78. The number of ether oxygens (including phenoxy) is 2. The number of nitrogens with one attached hydrogen (secondary N) is 1. The number of hydrogen-bond donors (Lipinski definition) is 2. The van der Waals surface area contributed by atoms with Crippen molar-refractivity contribution in [3.63, 3.8) is 0 Å².